The average Bonchev–Trinajstić information content (AvgIpc) is 3.21. The first kappa shape index (κ1) is 21.6. The quantitative estimate of drug-likeness (QED) is 0.480. The van der Waals surface area contributed by atoms with Crippen LogP contribution in [0.5, 0.6) is 0 Å². The molecular formula is C23H21FN4O3S. The highest BCUT2D eigenvalue weighted by Gasteiger charge is 2.20. The van der Waals surface area contributed by atoms with Gasteiger partial charge in [-0.05, 0) is 60.5 Å². The van der Waals surface area contributed by atoms with Gasteiger partial charge in [0.15, 0.2) is 14.9 Å². The Bertz CT molecular complexity index is 1400. The number of nitrogens with one attached hydrogen (secondary N) is 1. The summed E-state index contributed by atoms with van der Waals surface area (Å²) in [6, 6.07) is 12.2. The largest absolute Gasteiger partial charge is 0.345 e. The molecule has 7 nitrogen and oxygen atoms in total. The molecule has 164 valence electrons. The molecule has 0 bridgehead atoms. The highest BCUT2D eigenvalue weighted by molar-refractivity contribution is 7.90. The van der Waals surface area contributed by atoms with Gasteiger partial charge in [-0.1, -0.05) is 6.92 Å². The zero-order valence-corrected chi connectivity index (χ0v) is 18.3. The molecule has 0 radical (unpaired) electrons. The van der Waals surface area contributed by atoms with Crippen molar-refractivity contribution in [2.75, 3.05) is 6.26 Å². The summed E-state index contributed by atoms with van der Waals surface area (Å²) in [5.74, 6) is -0.0604. The van der Waals surface area contributed by atoms with Gasteiger partial charge in [-0.25, -0.2) is 22.8 Å². The predicted molar refractivity (Wildman–Crippen MR) is 118 cm³/mol. The molecule has 1 atom stereocenters. The van der Waals surface area contributed by atoms with E-state index in [1.807, 2.05) is 6.92 Å². The lowest BCUT2D eigenvalue weighted by atomic mass is 10.1. The summed E-state index contributed by atoms with van der Waals surface area (Å²) in [7, 11) is -3.46. The second-order valence-electron chi connectivity index (χ2n) is 7.40. The van der Waals surface area contributed by atoms with E-state index in [2.05, 4.69) is 15.3 Å². The molecule has 9 heteroatoms. The van der Waals surface area contributed by atoms with Crippen molar-refractivity contribution < 1.29 is 17.6 Å². The van der Waals surface area contributed by atoms with E-state index < -0.39 is 15.9 Å². The number of halogens is 1. The summed E-state index contributed by atoms with van der Waals surface area (Å²) in [6.07, 6.45) is 6.46. The number of imidazole rings is 1. The monoisotopic (exact) mass is 452 g/mol. The van der Waals surface area contributed by atoms with E-state index in [1.54, 1.807) is 47.1 Å². The van der Waals surface area contributed by atoms with Crippen LogP contribution < -0.4 is 5.32 Å². The number of hydrogen-bond donors (Lipinski definition) is 1. The predicted octanol–water partition coefficient (Wildman–Crippen LogP) is 3.82. The number of fused-ring (bicyclic) bond motifs is 1. The van der Waals surface area contributed by atoms with Crippen LogP contribution in [0.1, 0.15) is 35.3 Å². The molecule has 4 aromatic rings. The summed E-state index contributed by atoms with van der Waals surface area (Å²) in [6.45, 7) is 1.90. The van der Waals surface area contributed by atoms with E-state index in [0.717, 1.165) is 11.8 Å². The van der Waals surface area contributed by atoms with Crippen LogP contribution >= 0.6 is 0 Å². The lowest BCUT2D eigenvalue weighted by molar-refractivity contribution is 0.0937. The molecule has 1 amide bonds. The third-order valence-electron chi connectivity index (χ3n) is 5.17. The molecule has 0 unspecified atom stereocenters. The fourth-order valence-electron chi connectivity index (χ4n) is 3.53. The van der Waals surface area contributed by atoms with Crippen molar-refractivity contribution in [3.63, 3.8) is 0 Å². The van der Waals surface area contributed by atoms with Crippen molar-refractivity contribution in [1.29, 1.82) is 0 Å². The maximum Gasteiger partial charge on any atom is 0.253 e. The first-order valence-corrected chi connectivity index (χ1v) is 11.9. The molecule has 1 N–H and O–H groups in total. The molecule has 3 aromatic heterocycles. The second-order valence-corrected chi connectivity index (χ2v) is 9.36. The second kappa shape index (κ2) is 8.51. The lowest BCUT2D eigenvalue weighted by Gasteiger charge is -2.18. The van der Waals surface area contributed by atoms with Crippen molar-refractivity contribution in [2.24, 2.45) is 0 Å². The SMILES string of the molecule is CC[C@H](NC(=O)c1cccn2c(-c3ccc(F)cc3)ncc12)c1ccnc(S(C)(=O)=O)c1. The van der Waals surface area contributed by atoms with Crippen molar-refractivity contribution >= 4 is 21.3 Å². The van der Waals surface area contributed by atoms with Crippen LogP contribution in [0.25, 0.3) is 16.9 Å². The zero-order valence-electron chi connectivity index (χ0n) is 17.5. The standard InChI is InChI=1S/C23H21FN4O3S/c1-3-19(16-10-11-25-21(13-16)32(2,30)31)27-23(29)18-5-4-12-28-20(18)14-26-22(28)15-6-8-17(24)9-7-15/h4-14,19H,3H2,1-2H3,(H,27,29)/t19-/m0/s1. The van der Waals surface area contributed by atoms with E-state index >= 15 is 0 Å². The topological polar surface area (TPSA) is 93.4 Å². The number of carbonyl (C=O) groups excluding carboxylic acids is 1. The number of nitrogens with zero attached hydrogens (tertiary/aromatic N) is 3. The van der Waals surface area contributed by atoms with Crippen LogP contribution in [0.3, 0.4) is 0 Å². The molecule has 0 saturated heterocycles. The molecule has 0 aliphatic heterocycles. The number of sulfone groups is 1. The third kappa shape index (κ3) is 4.24. The van der Waals surface area contributed by atoms with E-state index in [0.29, 0.717) is 28.9 Å². The van der Waals surface area contributed by atoms with Gasteiger partial charge in [0.05, 0.1) is 23.3 Å². The van der Waals surface area contributed by atoms with Crippen LogP contribution in [0.2, 0.25) is 0 Å². The Morgan fingerprint density at radius 1 is 1.16 bits per heavy atom. The summed E-state index contributed by atoms with van der Waals surface area (Å²) in [5.41, 5.74) is 2.40. The maximum absolute atomic E-state index is 13.3. The number of pyridine rings is 2. The fourth-order valence-corrected chi connectivity index (χ4v) is 4.13. The Morgan fingerprint density at radius 2 is 1.91 bits per heavy atom. The minimum atomic E-state index is -3.46. The Kier molecular flexibility index (Phi) is 5.75. The van der Waals surface area contributed by atoms with Gasteiger partial charge < -0.3 is 5.32 Å². The first-order valence-electron chi connectivity index (χ1n) is 9.97. The molecule has 1 aromatic carbocycles. The summed E-state index contributed by atoms with van der Waals surface area (Å²) in [5, 5.41) is 2.94. The third-order valence-corrected chi connectivity index (χ3v) is 6.16. The Hall–Kier alpha value is -3.59. The minimum Gasteiger partial charge on any atom is -0.345 e. The lowest BCUT2D eigenvalue weighted by Crippen LogP contribution is -2.28. The van der Waals surface area contributed by atoms with Gasteiger partial charge in [0.25, 0.3) is 5.91 Å². The van der Waals surface area contributed by atoms with Gasteiger partial charge in [0.2, 0.25) is 0 Å². The van der Waals surface area contributed by atoms with Gasteiger partial charge in [-0.15, -0.1) is 0 Å². The summed E-state index contributed by atoms with van der Waals surface area (Å²) in [4.78, 5) is 21.5. The van der Waals surface area contributed by atoms with Gasteiger partial charge in [-0.3, -0.25) is 9.20 Å². The molecule has 4 rings (SSSR count). The smallest absolute Gasteiger partial charge is 0.253 e. The van der Waals surface area contributed by atoms with E-state index in [-0.39, 0.29) is 16.8 Å². The van der Waals surface area contributed by atoms with Gasteiger partial charge in [0.1, 0.15) is 11.6 Å². The molecule has 0 aliphatic rings. The highest BCUT2D eigenvalue weighted by atomic mass is 32.2. The fraction of sp³-hybridized carbons (Fsp3) is 0.174. The number of rotatable bonds is 6. The molecule has 0 aliphatic carbocycles. The molecule has 0 spiro atoms. The van der Waals surface area contributed by atoms with Crippen molar-refractivity contribution in [1.82, 2.24) is 19.7 Å². The number of aromatic nitrogens is 3. The van der Waals surface area contributed by atoms with Gasteiger partial charge >= 0.3 is 0 Å². The highest BCUT2D eigenvalue weighted by Crippen LogP contribution is 2.24. The Labute approximate surface area is 184 Å². The molecule has 0 saturated carbocycles. The number of amides is 1. The van der Waals surface area contributed by atoms with Crippen LogP contribution in [0.4, 0.5) is 4.39 Å². The number of benzene rings is 1. The summed E-state index contributed by atoms with van der Waals surface area (Å²) >= 11 is 0. The average molecular weight is 453 g/mol. The van der Waals surface area contributed by atoms with Crippen molar-refractivity contribution in [2.45, 2.75) is 24.4 Å². The van der Waals surface area contributed by atoms with Crippen LogP contribution in [0.15, 0.2) is 72.1 Å². The van der Waals surface area contributed by atoms with Crippen molar-refractivity contribution in [3.8, 4) is 11.4 Å². The minimum absolute atomic E-state index is 0.0375. The van der Waals surface area contributed by atoms with Gasteiger partial charge in [0, 0.05) is 24.2 Å². The summed E-state index contributed by atoms with van der Waals surface area (Å²) < 4.78 is 38.7. The molecule has 3 heterocycles. The number of hydrogen-bond acceptors (Lipinski definition) is 5. The van der Waals surface area contributed by atoms with E-state index in [9.17, 15) is 17.6 Å². The van der Waals surface area contributed by atoms with Crippen molar-refractivity contribution in [3.05, 3.63) is 84.1 Å². The zero-order chi connectivity index (χ0) is 22.9. The molecule has 0 fully saturated rings. The molecule has 32 heavy (non-hydrogen) atoms. The normalized spacial score (nSPS) is 12.6. The van der Waals surface area contributed by atoms with Crippen LogP contribution in [-0.4, -0.2) is 34.9 Å². The molecular weight excluding hydrogens is 431 g/mol. The van der Waals surface area contributed by atoms with Crippen LogP contribution in [0, 0.1) is 5.82 Å². The Balaban J connectivity index is 1.66. The maximum atomic E-state index is 13.3. The Morgan fingerprint density at radius 3 is 2.59 bits per heavy atom. The van der Waals surface area contributed by atoms with Gasteiger partial charge in [-0.2, -0.15) is 0 Å². The van der Waals surface area contributed by atoms with E-state index in [4.69, 9.17) is 0 Å². The first-order chi connectivity index (χ1) is 15.3. The van der Waals surface area contributed by atoms with E-state index in [1.165, 1.54) is 24.4 Å². The van der Waals surface area contributed by atoms with Crippen LogP contribution in [-0.2, 0) is 9.84 Å². The number of carbonyl (C=O) groups is 1.